The van der Waals surface area contributed by atoms with Gasteiger partial charge in [0.1, 0.15) is 12.1 Å². The number of nitrogens with one attached hydrogen (secondary N) is 2. The minimum Gasteiger partial charge on any atom is -0.464 e. The fourth-order valence-corrected chi connectivity index (χ4v) is 9.92. The van der Waals surface area contributed by atoms with Gasteiger partial charge in [-0.3, -0.25) is 34.1 Å². The molecular formula is C53H76N8O7. The van der Waals surface area contributed by atoms with Gasteiger partial charge in [0, 0.05) is 80.1 Å². The number of hydrogen-bond donors (Lipinski definition) is 2. The lowest BCUT2D eigenvalue weighted by atomic mass is 9.84. The summed E-state index contributed by atoms with van der Waals surface area (Å²) in [5, 5.41) is 5.88. The molecule has 15 heteroatoms. The van der Waals surface area contributed by atoms with Crippen LogP contribution in [0.4, 0.5) is 5.69 Å². The van der Waals surface area contributed by atoms with Gasteiger partial charge in [-0.1, -0.05) is 33.6 Å². The molecule has 1 aromatic carbocycles. The molecule has 2 aromatic heterocycles. The van der Waals surface area contributed by atoms with Gasteiger partial charge >= 0.3 is 5.97 Å². The maximum Gasteiger partial charge on any atom is 0.324 e. The highest BCUT2D eigenvalue weighted by Crippen LogP contribution is 2.42. The average molecular weight is 937 g/mol. The van der Waals surface area contributed by atoms with E-state index >= 15 is 0 Å². The van der Waals surface area contributed by atoms with Gasteiger partial charge < -0.3 is 33.9 Å². The largest absolute Gasteiger partial charge is 0.464 e. The lowest BCUT2D eigenvalue weighted by Gasteiger charge is -2.39. The number of hydrogen-bond acceptors (Lipinski definition) is 11. The predicted octanol–water partition coefficient (Wildman–Crippen LogP) is 5.99. The molecule has 2 N–H and O–H groups in total. The number of methoxy groups -OCH3 is 1. The number of aromatic nitrogens is 2. The monoisotopic (exact) mass is 937 g/mol. The third-order valence-corrected chi connectivity index (χ3v) is 14.7. The van der Waals surface area contributed by atoms with Crippen molar-refractivity contribution in [1.29, 1.82) is 0 Å². The molecule has 3 saturated heterocycles. The van der Waals surface area contributed by atoms with Crippen molar-refractivity contribution in [2.24, 2.45) is 23.2 Å². The molecule has 6 bridgehead atoms. The van der Waals surface area contributed by atoms with E-state index in [1.54, 1.807) is 12.0 Å². The molecule has 0 radical (unpaired) electrons. The summed E-state index contributed by atoms with van der Waals surface area (Å²) in [5.41, 5.74) is 8.71. The van der Waals surface area contributed by atoms with Crippen LogP contribution in [0, 0.1) is 35.0 Å². The van der Waals surface area contributed by atoms with Crippen molar-refractivity contribution in [3.8, 4) is 23.1 Å². The number of ether oxygens (including phenoxy) is 3. The fraction of sp³-hybridized carbons (Fsp3) is 0.642. The summed E-state index contributed by atoms with van der Waals surface area (Å²) in [4.78, 5) is 66.7. The normalized spacial score (nSPS) is 22.5. The van der Waals surface area contributed by atoms with Gasteiger partial charge in [-0.05, 0) is 134 Å². The summed E-state index contributed by atoms with van der Waals surface area (Å²) in [6.45, 7) is 20.2. The summed E-state index contributed by atoms with van der Waals surface area (Å²) in [7, 11) is 5.57. The molecule has 0 saturated carbocycles. The highest BCUT2D eigenvalue weighted by molar-refractivity contribution is 5.95. The van der Waals surface area contributed by atoms with Crippen LogP contribution in [-0.4, -0.2) is 139 Å². The fourth-order valence-electron chi connectivity index (χ4n) is 9.92. The van der Waals surface area contributed by atoms with E-state index in [1.807, 2.05) is 65.9 Å². The van der Waals surface area contributed by atoms with Gasteiger partial charge in [-0.25, -0.2) is 5.43 Å². The minimum atomic E-state index is -0.839. The van der Waals surface area contributed by atoms with E-state index in [0.29, 0.717) is 45.3 Å². The molecule has 3 fully saturated rings. The Labute approximate surface area is 403 Å². The van der Waals surface area contributed by atoms with Gasteiger partial charge in [0.15, 0.2) is 0 Å². The Morgan fingerprint density at radius 3 is 2.53 bits per heavy atom. The zero-order valence-corrected chi connectivity index (χ0v) is 42.4. The van der Waals surface area contributed by atoms with Crippen LogP contribution in [-0.2, 0) is 46.4 Å². The van der Waals surface area contributed by atoms with Gasteiger partial charge in [0.2, 0.25) is 5.91 Å². The average Bonchev–Trinajstić information content (AvgIpc) is 3.60. The predicted molar refractivity (Wildman–Crippen MR) is 264 cm³/mol. The highest BCUT2D eigenvalue weighted by Gasteiger charge is 2.39. The Bertz CT molecular complexity index is 2380. The van der Waals surface area contributed by atoms with Gasteiger partial charge in [0.25, 0.3) is 11.8 Å². The SMILES string of the molecule is CCn1c(-c2cccnc2[C@H](C)OC)c2c3cc(ccc31)N1CCC[C@@H](C[C@H](NC(=O)C(COC3CN(C(=O)C#CC(C)(C)N(C)C)C3)C(C)C)C(=O)N3CCC[C@H](N3)C(=O)OCC(C)(C)C2)C1. The van der Waals surface area contributed by atoms with Crippen LogP contribution in [0.2, 0.25) is 0 Å². The highest BCUT2D eigenvalue weighted by atomic mass is 16.5. The number of pyridine rings is 1. The molecule has 4 aliphatic heterocycles. The lowest BCUT2D eigenvalue weighted by Crippen LogP contribution is -2.61. The van der Waals surface area contributed by atoms with Crippen LogP contribution in [0.5, 0.6) is 0 Å². The topological polar surface area (TPSA) is 151 Å². The second-order valence-corrected chi connectivity index (χ2v) is 21.3. The maximum atomic E-state index is 14.7. The first-order valence-electron chi connectivity index (χ1n) is 24.8. The number of fused-ring (bicyclic) bond motifs is 6. The number of aryl methyl sites for hydroxylation is 1. The first-order chi connectivity index (χ1) is 32.3. The summed E-state index contributed by atoms with van der Waals surface area (Å²) >= 11 is 0. The molecule has 0 aliphatic carbocycles. The second kappa shape index (κ2) is 21.3. The number of likely N-dealkylation sites (tertiary alicyclic amines) is 1. The molecule has 6 heterocycles. The van der Waals surface area contributed by atoms with E-state index in [1.165, 1.54) is 10.6 Å². The number of esters is 1. The number of cyclic esters (lactones) is 1. The Morgan fingerprint density at radius 2 is 1.82 bits per heavy atom. The van der Waals surface area contributed by atoms with Crippen LogP contribution >= 0.6 is 0 Å². The zero-order valence-electron chi connectivity index (χ0n) is 42.4. The molecule has 370 valence electrons. The standard InChI is InChI=1S/C53H76N8O7/c1-12-60-45-20-19-37-27-40(45)41(48(60)39-17-13-23-54-47(39)35(4)66-11)28-52(5,6)33-68-51(65)43-18-15-25-61(56-43)50(64)44(26-36-16-14-24-58(37)29-36)55-49(63)42(34(2)3)32-67-38-30-59(31-38)46(62)21-22-53(7,8)57(9)10/h13,17,19-20,23,27,34-36,38,42-44,56H,12,14-16,18,24-26,28-33H2,1-11H3,(H,55,63)/t35-,36-,42?,43-,44-/m0/s1. The van der Waals surface area contributed by atoms with Gasteiger partial charge in [0.05, 0.1) is 48.3 Å². The molecule has 68 heavy (non-hydrogen) atoms. The van der Waals surface area contributed by atoms with Gasteiger partial charge in [-0.2, -0.15) is 0 Å². The number of anilines is 1. The molecular weight excluding hydrogens is 861 g/mol. The first-order valence-corrected chi connectivity index (χ1v) is 24.8. The summed E-state index contributed by atoms with van der Waals surface area (Å²) in [6.07, 6.45) is 5.42. The maximum absolute atomic E-state index is 14.7. The Kier molecular flexibility index (Phi) is 15.9. The smallest absolute Gasteiger partial charge is 0.324 e. The Hall–Kier alpha value is -5.01. The molecule has 15 nitrogen and oxygen atoms in total. The number of piperidine rings is 1. The Morgan fingerprint density at radius 1 is 1.07 bits per heavy atom. The van der Waals surface area contributed by atoms with Crippen molar-refractivity contribution < 1.29 is 33.4 Å². The van der Waals surface area contributed by atoms with E-state index in [-0.39, 0.29) is 55.0 Å². The van der Waals surface area contributed by atoms with Gasteiger partial charge in [-0.15, -0.1) is 0 Å². The summed E-state index contributed by atoms with van der Waals surface area (Å²) < 4.78 is 20.6. The Balaban J connectivity index is 1.16. The van der Waals surface area contributed by atoms with Crippen molar-refractivity contribution in [2.75, 3.05) is 72.0 Å². The first kappa shape index (κ1) is 50.9. The van der Waals surface area contributed by atoms with E-state index in [0.717, 1.165) is 66.0 Å². The molecule has 1 unspecified atom stereocenters. The number of amides is 3. The van der Waals surface area contributed by atoms with Crippen molar-refractivity contribution >= 4 is 40.3 Å². The minimum absolute atomic E-state index is 0.0843. The number of hydrazine groups is 1. The zero-order chi connectivity index (χ0) is 49.1. The van der Waals surface area contributed by atoms with Crippen LogP contribution in [0.3, 0.4) is 0 Å². The van der Waals surface area contributed by atoms with Crippen LogP contribution in [0.15, 0.2) is 36.5 Å². The third kappa shape index (κ3) is 11.4. The van der Waals surface area contributed by atoms with Crippen LogP contribution in [0.1, 0.15) is 105 Å². The lowest BCUT2D eigenvalue weighted by molar-refractivity contribution is -0.156. The molecule has 3 amide bonds. The summed E-state index contributed by atoms with van der Waals surface area (Å²) in [6, 6.07) is 9.32. The number of benzene rings is 1. The van der Waals surface area contributed by atoms with Crippen molar-refractivity contribution in [3.05, 3.63) is 47.8 Å². The molecule has 3 aromatic rings. The number of nitrogens with zero attached hydrogens (tertiary/aromatic N) is 6. The van der Waals surface area contributed by atoms with Crippen molar-refractivity contribution in [3.63, 3.8) is 0 Å². The molecule has 7 rings (SSSR count). The van der Waals surface area contributed by atoms with E-state index in [2.05, 4.69) is 77.1 Å². The van der Waals surface area contributed by atoms with Crippen LogP contribution in [0.25, 0.3) is 22.2 Å². The van der Waals surface area contributed by atoms with Crippen molar-refractivity contribution in [2.45, 2.75) is 130 Å². The van der Waals surface area contributed by atoms with E-state index in [9.17, 15) is 19.2 Å². The number of rotatable bonds is 11. The third-order valence-electron chi connectivity index (χ3n) is 14.7. The second-order valence-electron chi connectivity index (χ2n) is 21.3. The molecule has 4 aliphatic rings. The molecule has 5 atom stereocenters. The number of carbonyl (C=O) groups is 4. The van der Waals surface area contributed by atoms with Crippen molar-refractivity contribution in [1.82, 2.24) is 35.1 Å². The van der Waals surface area contributed by atoms with Crippen LogP contribution < -0.4 is 15.6 Å². The van der Waals surface area contributed by atoms with E-state index < -0.39 is 34.9 Å². The van der Waals surface area contributed by atoms with E-state index in [4.69, 9.17) is 19.2 Å². The molecule has 0 spiro atoms. The number of carbonyl (C=O) groups excluding carboxylic acids is 4. The quantitative estimate of drug-likeness (QED) is 0.173. The summed E-state index contributed by atoms with van der Waals surface area (Å²) in [5.74, 6) is 4.16.